The highest BCUT2D eigenvalue weighted by Gasteiger charge is 2.15. The first-order valence-corrected chi connectivity index (χ1v) is 8.10. The van der Waals surface area contributed by atoms with Crippen LogP contribution < -0.4 is 10.1 Å². The zero-order valence-electron chi connectivity index (χ0n) is 13.0. The van der Waals surface area contributed by atoms with Crippen molar-refractivity contribution < 1.29 is 9.53 Å². The van der Waals surface area contributed by atoms with Gasteiger partial charge < -0.3 is 10.1 Å². The number of methoxy groups -OCH3 is 1. The molecule has 2 rings (SSSR count). The number of ether oxygens (including phenoxy) is 1. The number of rotatable bonds is 5. The monoisotopic (exact) mass is 361 g/mol. The lowest BCUT2D eigenvalue weighted by Gasteiger charge is -2.16. The van der Waals surface area contributed by atoms with Gasteiger partial charge in [-0.15, -0.1) is 0 Å². The maximum atomic E-state index is 12.6. The molecule has 1 N–H and O–H groups in total. The van der Waals surface area contributed by atoms with Crippen molar-refractivity contribution in [3.8, 4) is 5.75 Å². The minimum atomic E-state index is -0.151. The molecule has 2 aromatic rings. The van der Waals surface area contributed by atoms with Crippen LogP contribution in [0.5, 0.6) is 5.75 Å². The van der Waals surface area contributed by atoms with Crippen LogP contribution in [0.2, 0.25) is 0 Å². The first-order chi connectivity index (χ1) is 10.6. The van der Waals surface area contributed by atoms with Gasteiger partial charge in [-0.25, -0.2) is 0 Å². The van der Waals surface area contributed by atoms with E-state index in [0.29, 0.717) is 17.2 Å². The lowest BCUT2D eigenvalue weighted by molar-refractivity contribution is 0.102. The second-order valence-electron chi connectivity index (χ2n) is 5.20. The summed E-state index contributed by atoms with van der Waals surface area (Å²) in [7, 11) is 1.59. The summed E-state index contributed by atoms with van der Waals surface area (Å²) < 4.78 is 5.93. The first-order valence-electron chi connectivity index (χ1n) is 7.30. The summed E-state index contributed by atoms with van der Waals surface area (Å²) >= 11 is 3.42. The van der Waals surface area contributed by atoms with Gasteiger partial charge in [-0.05, 0) is 58.1 Å². The first kappa shape index (κ1) is 16.6. The van der Waals surface area contributed by atoms with Gasteiger partial charge in [0.15, 0.2) is 0 Å². The number of anilines is 1. The highest BCUT2D eigenvalue weighted by atomic mass is 79.9. The van der Waals surface area contributed by atoms with Crippen LogP contribution in [0.4, 0.5) is 5.69 Å². The average Bonchev–Trinajstić information content (AvgIpc) is 2.55. The number of benzene rings is 2. The molecular weight excluding hydrogens is 342 g/mol. The van der Waals surface area contributed by atoms with Crippen molar-refractivity contribution in [3.63, 3.8) is 0 Å². The van der Waals surface area contributed by atoms with Crippen molar-refractivity contribution in [1.82, 2.24) is 0 Å². The Bertz CT molecular complexity index is 670. The smallest absolute Gasteiger partial charge is 0.256 e. The molecule has 116 valence electrons. The number of hydrogen-bond acceptors (Lipinski definition) is 2. The minimum absolute atomic E-state index is 0.151. The van der Waals surface area contributed by atoms with Crippen molar-refractivity contribution in [3.05, 3.63) is 58.1 Å². The summed E-state index contributed by atoms with van der Waals surface area (Å²) in [5, 5.41) is 3.01. The molecule has 22 heavy (non-hydrogen) atoms. The molecule has 0 heterocycles. The predicted molar refractivity (Wildman–Crippen MR) is 93.8 cm³/mol. The van der Waals surface area contributed by atoms with Crippen molar-refractivity contribution in [2.45, 2.75) is 26.2 Å². The van der Waals surface area contributed by atoms with E-state index in [0.717, 1.165) is 22.1 Å². The fourth-order valence-electron chi connectivity index (χ4n) is 2.26. The van der Waals surface area contributed by atoms with E-state index in [4.69, 9.17) is 4.74 Å². The van der Waals surface area contributed by atoms with Crippen LogP contribution in [-0.2, 0) is 0 Å². The molecule has 0 unspecified atom stereocenters. The van der Waals surface area contributed by atoms with E-state index >= 15 is 0 Å². The van der Waals surface area contributed by atoms with Gasteiger partial charge in [0.1, 0.15) is 5.75 Å². The maximum Gasteiger partial charge on any atom is 0.256 e. The third kappa shape index (κ3) is 3.69. The Labute approximate surface area is 139 Å². The van der Waals surface area contributed by atoms with Crippen molar-refractivity contribution in [2.75, 3.05) is 12.4 Å². The molecule has 2 aromatic carbocycles. The quantitative estimate of drug-likeness (QED) is 0.792. The fourth-order valence-corrected chi connectivity index (χ4v) is 2.68. The molecule has 0 bridgehead atoms. The summed E-state index contributed by atoms with van der Waals surface area (Å²) in [6, 6.07) is 13.3. The van der Waals surface area contributed by atoms with Gasteiger partial charge in [0.05, 0.1) is 12.7 Å². The highest BCUT2D eigenvalue weighted by Crippen LogP contribution is 2.28. The van der Waals surface area contributed by atoms with Gasteiger partial charge in [0.25, 0.3) is 5.91 Å². The molecule has 0 spiro atoms. The van der Waals surface area contributed by atoms with E-state index in [1.165, 1.54) is 0 Å². The highest BCUT2D eigenvalue weighted by molar-refractivity contribution is 9.10. The molecule has 0 aliphatic rings. The summed E-state index contributed by atoms with van der Waals surface area (Å²) in [5.41, 5.74) is 2.56. The Morgan fingerprint density at radius 1 is 1.27 bits per heavy atom. The molecule has 0 radical (unpaired) electrons. The number of nitrogens with one attached hydrogen (secondary N) is 1. The number of para-hydroxylation sites is 1. The fraction of sp³-hybridized carbons (Fsp3) is 0.278. The van der Waals surface area contributed by atoms with Gasteiger partial charge in [-0.1, -0.05) is 32.0 Å². The SMILES string of the molecule is CC[C@@H](C)c1ccccc1NC(=O)c1cc(OC)ccc1Br. The Kier molecular flexibility index (Phi) is 5.61. The van der Waals surface area contributed by atoms with Crippen LogP contribution in [-0.4, -0.2) is 13.0 Å². The number of halogens is 1. The van der Waals surface area contributed by atoms with E-state index in [-0.39, 0.29) is 5.91 Å². The number of carbonyl (C=O) groups is 1. The lowest BCUT2D eigenvalue weighted by Crippen LogP contribution is -2.14. The number of hydrogen-bond donors (Lipinski definition) is 1. The molecule has 0 aromatic heterocycles. The summed E-state index contributed by atoms with van der Waals surface area (Å²) in [4.78, 5) is 12.6. The topological polar surface area (TPSA) is 38.3 Å². The van der Waals surface area contributed by atoms with E-state index in [2.05, 4.69) is 41.2 Å². The Morgan fingerprint density at radius 2 is 2.00 bits per heavy atom. The van der Waals surface area contributed by atoms with E-state index in [1.807, 2.05) is 30.3 Å². The molecular formula is C18H20BrNO2. The van der Waals surface area contributed by atoms with Crippen molar-refractivity contribution in [2.24, 2.45) is 0 Å². The molecule has 3 nitrogen and oxygen atoms in total. The van der Waals surface area contributed by atoms with Crippen LogP contribution in [0.1, 0.15) is 42.1 Å². The predicted octanol–water partition coefficient (Wildman–Crippen LogP) is 5.22. The Hall–Kier alpha value is -1.81. The summed E-state index contributed by atoms with van der Waals surface area (Å²) in [6.07, 6.45) is 1.02. The third-order valence-corrected chi connectivity index (χ3v) is 4.46. The number of amides is 1. The van der Waals surface area contributed by atoms with E-state index in [9.17, 15) is 4.79 Å². The van der Waals surface area contributed by atoms with Crippen LogP contribution in [0.3, 0.4) is 0 Å². The zero-order valence-corrected chi connectivity index (χ0v) is 14.6. The average molecular weight is 362 g/mol. The molecule has 4 heteroatoms. The van der Waals surface area contributed by atoms with E-state index in [1.54, 1.807) is 13.2 Å². The molecule has 1 amide bonds. The number of carbonyl (C=O) groups excluding carboxylic acids is 1. The van der Waals surface area contributed by atoms with Gasteiger partial charge in [0, 0.05) is 10.2 Å². The molecule has 1 atom stereocenters. The Morgan fingerprint density at radius 3 is 2.68 bits per heavy atom. The molecule has 0 fully saturated rings. The largest absolute Gasteiger partial charge is 0.497 e. The molecule has 0 saturated carbocycles. The summed E-state index contributed by atoms with van der Waals surface area (Å²) in [5.74, 6) is 0.898. The molecule has 0 aliphatic carbocycles. The minimum Gasteiger partial charge on any atom is -0.497 e. The Balaban J connectivity index is 2.30. The van der Waals surface area contributed by atoms with E-state index < -0.39 is 0 Å². The van der Waals surface area contributed by atoms with Gasteiger partial charge >= 0.3 is 0 Å². The molecule has 0 aliphatic heterocycles. The van der Waals surface area contributed by atoms with Gasteiger partial charge in [0.2, 0.25) is 0 Å². The van der Waals surface area contributed by atoms with Crippen LogP contribution in [0, 0.1) is 0 Å². The zero-order chi connectivity index (χ0) is 16.1. The maximum absolute atomic E-state index is 12.6. The van der Waals surface area contributed by atoms with Crippen molar-refractivity contribution >= 4 is 27.5 Å². The second-order valence-corrected chi connectivity index (χ2v) is 6.05. The second kappa shape index (κ2) is 7.45. The standard InChI is InChI=1S/C18H20BrNO2/c1-4-12(2)14-7-5-6-8-17(14)20-18(21)15-11-13(22-3)9-10-16(15)19/h5-12H,4H2,1-3H3,(H,20,21)/t12-/m1/s1. The third-order valence-electron chi connectivity index (χ3n) is 3.77. The normalized spacial score (nSPS) is 11.8. The van der Waals surface area contributed by atoms with Crippen molar-refractivity contribution in [1.29, 1.82) is 0 Å². The van der Waals surface area contributed by atoms with Crippen LogP contribution in [0.25, 0.3) is 0 Å². The van der Waals surface area contributed by atoms with Gasteiger partial charge in [-0.3, -0.25) is 4.79 Å². The lowest BCUT2D eigenvalue weighted by atomic mass is 9.97. The van der Waals surface area contributed by atoms with Crippen LogP contribution >= 0.6 is 15.9 Å². The van der Waals surface area contributed by atoms with Crippen LogP contribution in [0.15, 0.2) is 46.9 Å². The summed E-state index contributed by atoms with van der Waals surface area (Å²) in [6.45, 7) is 4.30. The molecule has 0 saturated heterocycles. The van der Waals surface area contributed by atoms with Gasteiger partial charge in [-0.2, -0.15) is 0 Å².